The Bertz CT molecular complexity index is 720. The second kappa shape index (κ2) is 9.20. The number of esters is 1. The van der Waals surface area contributed by atoms with Gasteiger partial charge in [0.2, 0.25) is 0 Å². The number of hydrogen-bond acceptors (Lipinski definition) is 7. The third-order valence-electron chi connectivity index (χ3n) is 4.41. The fourth-order valence-corrected chi connectivity index (χ4v) is 3.16. The summed E-state index contributed by atoms with van der Waals surface area (Å²) in [4.78, 5) is 35.2. The minimum Gasteiger partial charge on any atom is -0.493 e. The van der Waals surface area contributed by atoms with Crippen molar-refractivity contribution in [3.8, 4) is 11.5 Å². The summed E-state index contributed by atoms with van der Waals surface area (Å²) in [5.74, 6) is -0.685. The van der Waals surface area contributed by atoms with Gasteiger partial charge in [0.1, 0.15) is 5.56 Å². The number of benzene rings is 1. The number of ether oxygens (including phenoxy) is 3. The van der Waals surface area contributed by atoms with Gasteiger partial charge < -0.3 is 19.5 Å². The number of nitro groups is 1. The zero-order valence-corrected chi connectivity index (χ0v) is 15.6. The van der Waals surface area contributed by atoms with E-state index in [1.807, 2.05) is 0 Å². The summed E-state index contributed by atoms with van der Waals surface area (Å²) >= 11 is 0. The molecule has 1 aromatic rings. The molecule has 9 heteroatoms. The molecule has 27 heavy (non-hydrogen) atoms. The third kappa shape index (κ3) is 4.87. The predicted molar refractivity (Wildman–Crippen MR) is 96.0 cm³/mol. The van der Waals surface area contributed by atoms with E-state index >= 15 is 0 Å². The molecule has 1 aromatic carbocycles. The molecule has 0 spiro atoms. The SMILES string of the molecule is CCOC(=O)[C@@H]1CC[C@@H](NC(=O)c2cc(OC)c(OCC)cc2[N+](=O)[O-])C1. The van der Waals surface area contributed by atoms with Crippen molar-refractivity contribution in [1.29, 1.82) is 0 Å². The number of carbonyl (C=O) groups is 2. The van der Waals surface area contributed by atoms with Crippen LogP contribution in [-0.2, 0) is 9.53 Å². The fraction of sp³-hybridized carbons (Fsp3) is 0.556. The minimum absolute atomic E-state index is 0.111. The normalized spacial score (nSPS) is 18.6. The van der Waals surface area contributed by atoms with Crippen molar-refractivity contribution in [2.45, 2.75) is 39.2 Å². The van der Waals surface area contributed by atoms with E-state index in [1.54, 1.807) is 13.8 Å². The van der Waals surface area contributed by atoms with Gasteiger partial charge in [0, 0.05) is 12.1 Å². The van der Waals surface area contributed by atoms with Crippen LogP contribution in [0.4, 0.5) is 5.69 Å². The van der Waals surface area contributed by atoms with Gasteiger partial charge >= 0.3 is 5.97 Å². The van der Waals surface area contributed by atoms with Crippen molar-refractivity contribution in [3.05, 3.63) is 27.8 Å². The van der Waals surface area contributed by atoms with E-state index in [0.717, 1.165) is 0 Å². The van der Waals surface area contributed by atoms with Crippen LogP contribution in [0.1, 0.15) is 43.5 Å². The first-order valence-electron chi connectivity index (χ1n) is 8.87. The van der Waals surface area contributed by atoms with Gasteiger partial charge in [-0.25, -0.2) is 0 Å². The minimum atomic E-state index is -0.632. The van der Waals surface area contributed by atoms with Crippen LogP contribution in [0.3, 0.4) is 0 Å². The molecule has 1 aliphatic carbocycles. The fourth-order valence-electron chi connectivity index (χ4n) is 3.16. The Balaban J connectivity index is 2.18. The maximum absolute atomic E-state index is 12.6. The van der Waals surface area contributed by atoms with Crippen LogP contribution in [0, 0.1) is 16.0 Å². The molecular formula is C18H24N2O7. The lowest BCUT2D eigenvalue weighted by atomic mass is 10.1. The Morgan fingerprint density at radius 1 is 1.22 bits per heavy atom. The van der Waals surface area contributed by atoms with Crippen molar-refractivity contribution in [3.63, 3.8) is 0 Å². The van der Waals surface area contributed by atoms with Crippen molar-refractivity contribution >= 4 is 17.6 Å². The van der Waals surface area contributed by atoms with Gasteiger partial charge in [0.05, 0.1) is 37.2 Å². The average molecular weight is 380 g/mol. The lowest BCUT2D eigenvalue weighted by Crippen LogP contribution is -2.34. The van der Waals surface area contributed by atoms with Crippen molar-refractivity contribution in [2.24, 2.45) is 5.92 Å². The smallest absolute Gasteiger partial charge is 0.308 e. The van der Waals surface area contributed by atoms with Crippen LogP contribution < -0.4 is 14.8 Å². The first-order chi connectivity index (χ1) is 12.9. The molecule has 0 radical (unpaired) electrons. The van der Waals surface area contributed by atoms with Crippen LogP contribution in [0.5, 0.6) is 11.5 Å². The molecule has 0 aliphatic heterocycles. The molecule has 1 aliphatic rings. The first kappa shape index (κ1) is 20.5. The number of amides is 1. The molecule has 0 heterocycles. The summed E-state index contributed by atoms with van der Waals surface area (Å²) < 4.78 is 15.5. The predicted octanol–water partition coefficient (Wildman–Crippen LogP) is 2.46. The first-order valence-corrected chi connectivity index (χ1v) is 8.87. The number of rotatable bonds is 8. The molecule has 1 amide bonds. The third-order valence-corrected chi connectivity index (χ3v) is 4.41. The molecule has 0 unspecified atom stereocenters. The number of nitrogens with one attached hydrogen (secondary N) is 1. The van der Waals surface area contributed by atoms with E-state index in [9.17, 15) is 19.7 Å². The quantitative estimate of drug-likeness (QED) is 0.418. The summed E-state index contributed by atoms with van der Waals surface area (Å²) in [5, 5.41) is 14.2. The molecule has 0 bridgehead atoms. The van der Waals surface area contributed by atoms with Gasteiger partial charge in [-0.1, -0.05) is 0 Å². The number of nitro benzene ring substituents is 1. The van der Waals surface area contributed by atoms with Gasteiger partial charge in [0.15, 0.2) is 11.5 Å². The van der Waals surface area contributed by atoms with Gasteiger partial charge in [-0.15, -0.1) is 0 Å². The molecule has 2 atom stereocenters. The van der Waals surface area contributed by atoms with E-state index < -0.39 is 10.8 Å². The Morgan fingerprint density at radius 3 is 2.56 bits per heavy atom. The van der Waals surface area contributed by atoms with Gasteiger partial charge in [-0.2, -0.15) is 0 Å². The molecule has 1 fully saturated rings. The molecular weight excluding hydrogens is 356 g/mol. The lowest BCUT2D eigenvalue weighted by molar-refractivity contribution is -0.385. The molecule has 1 saturated carbocycles. The van der Waals surface area contributed by atoms with E-state index in [4.69, 9.17) is 14.2 Å². The van der Waals surface area contributed by atoms with Crippen molar-refractivity contribution in [2.75, 3.05) is 20.3 Å². The molecule has 1 N–H and O–H groups in total. The number of hydrogen-bond donors (Lipinski definition) is 1. The lowest BCUT2D eigenvalue weighted by Gasteiger charge is -2.15. The van der Waals surface area contributed by atoms with Gasteiger partial charge in [-0.3, -0.25) is 19.7 Å². The largest absolute Gasteiger partial charge is 0.493 e. The number of carbonyl (C=O) groups excluding carboxylic acids is 2. The highest BCUT2D eigenvalue weighted by Crippen LogP contribution is 2.35. The van der Waals surface area contributed by atoms with Crippen LogP contribution in [0.2, 0.25) is 0 Å². The maximum Gasteiger partial charge on any atom is 0.308 e. The standard InChI is InChI=1S/C18H24N2O7/c1-4-26-16-10-14(20(23)24)13(9-15(16)25-3)17(21)19-12-7-6-11(8-12)18(22)27-5-2/h9-12H,4-8H2,1-3H3,(H,19,21)/t11-,12-/m1/s1. The van der Waals surface area contributed by atoms with E-state index in [-0.39, 0.29) is 40.7 Å². The summed E-state index contributed by atoms with van der Waals surface area (Å²) in [7, 11) is 1.40. The Labute approximate surface area is 157 Å². The van der Waals surface area contributed by atoms with E-state index in [1.165, 1.54) is 19.2 Å². The van der Waals surface area contributed by atoms with E-state index in [0.29, 0.717) is 32.5 Å². The van der Waals surface area contributed by atoms with Crippen LogP contribution in [0.25, 0.3) is 0 Å². The topological polar surface area (TPSA) is 117 Å². The van der Waals surface area contributed by atoms with Crippen molar-refractivity contribution in [1.82, 2.24) is 5.32 Å². The zero-order chi connectivity index (χ0) is 20.0. The highest BCUT2D eigenvalue weighted by molar-refractivity contribution is 5.99. The molecule has 9 nitrogen and oxygen atoms in total. The Morgan fingerprint density at radius 2 is 1.96 bits per heavy atom. The maximum atomic E-state index is 12.6. The molecule has 148 valence electrons. The summed E-state index contributed by atoms with van der Waals surface area (Å²) in [6, 6.07) is 2.24. The van der Waals surface area contributed by atoms with Gasteiger partial charge in [-0.05, 0) is 33.1 Å². The number of methoxy groups -OCH3 is 1. The zero-order valence-electron chi connectivity index (χ0n) is 15.6. The van der Waals surface area contributed by atoms with E-state index in [2.05, 4.69) is 5.32 Å². The molecule has 2 rings (SSSR count). The molecule has 0 saturated heterocycles. The second-order valence-electron chi connectivity index (χ2n) is 6.14. The van der Waals surface area contributed by atoms with Crippen molar-refractivity contribution < 1.29 is 28.7 Å². The summed E-state index contributed by atoms with van der Waals surface area (Å²) in [6.45, 7) is 4.09. The highest BCUT2D eigenvalue weighted by atomic mass is 16.6. The monoisotopic (exact) mass is 380 g/mol. The van der Waals surface area contributed by atoms with Crippen LogP contribution in [-0.4, -0.2) is 43.2 Å². The van der Waals surface area contributed by atoms with Crippen LogP contribution >= 0.6 is 0 Å². The Hall–Kier alpha value is -2.84. The summed E-state index contributed by atoms with van der Waals surface area (Å²) in [6.07, 6.45) is 1.67. The summed E-state index contributed by atoms with van der Waals surface area (Å²) in [5.41, 5.74) is -0.475. The highest BCUT2D eigenvalue weighted by Gasteiger charge is 2.33. The van der Waals surface area contributed by atoms with Crippen LogP contribution in [0.15, 0.2) is 12.1 Å². The van der Waals surface area contributed by atoms with Gasteiger partial charge in [0.25, 0.3) is 11.6 Å². The molecule has 0 aromatic heterocycles. The second-order valence-corrected chi connectivity index (χ2v) is 6.14. The number of nitrogens with zero attached hydrogens (tertiary/aromatic N) is 1. The Kier molecular flexibility index (Phi) is 6.98. The average Bonchev–Trinajstić information content (AvgIpc) is 3.10.